The Balaban J connectivity index is 1.78. The summed E-state index contributed by atoms with van der Waals surface area (Å²) in [6, 6.07) is -0.210. The van der Waals surface area contributed by atoms with Crippen molar-refractivity contribution in [2.45, 2.75) is 77.7 Å². The highest BCUT2D eigenvalue weighted by atomic mass is 16.5. The number of aliphatic hydroxyl groups is 1. The van der Waals surface area contributed by atoms with E-state index in [1.807, 2.05) is 4.68 Å². The third-order valence-corrected chi connectivity index (χ3v) is 5.22. The summed E-state index contributed by atoms with van der Waals surface area (Å²) in [5.41, 5.74) is 0.975. The van der Waals surface area contributed by atoms with Gasteiger partial charge >= 0.3 is 0 Å². The summed E-state index contributed by atoms with van der Waals surface area (Å²) in [5.74, 6) is 1.82. The van der Waals surface area contributed by atoms with Gasteiger partial charge in [0.25, 0.3) is 5.91 Å². The number of aliphatic hydroxyl groups excluding tert-OH is 1. The topological polar surface area (TPSA) is 115 Å². The maximum atomic E-state index is 12.7. The molecule has 0 radical (unpaired) electrons. The van der Waals surface area contributed by atoms with Gasteiger partial charge < -0.3 is 19.7 Å². The number of nitrogens with zero attached hydrogens (tertiary/aromatic N) is 4. The lowest BCUT2D eigenvalue weighted by Gasteiger charge is -2.33. The molecule has 1 saturated carbocycles. The number of nitrogens with one attached hydrogen (secondary N) is 1. The van der Waals surface area contributed by atoms with Gasteiger partial charge in [0, 0.05) is 19.1 Å². The van der Waals surface area contributed by atoms with Crippen molar-refractivity contribution in [2.75, 3.05) is 7.11 Å². The number of hydrogen-bond acceptors (Lipinski definition) is 7. The third-order valence-electron chi connectivity index (χ3n) is 5.22. The molecule has 0 spiro atoms. The molecule has 9 heteroatoms. The predicted molar refractivity (Wildman–Crippen MR) is 101 cm³/mol. The van der Waals surface area contributed by atoms with Gasteiger partial charge in [0.05, 0.1) is 17.8 Å². The summed E-state index contributed by atoms with van der Waals surface area (Å²) < 4.78 is 12.2. The lowest BCUT2D eigenvalue weighted by Crippen LogP contribution is -2.47. The molecule has 1 fully saturated rings. The van der Waals surface area contributed by atoms with Crippen LogP contribution in [0.1, 0.15) is 78.5 Å². The predicted octanol–water partition coefficient (Wildman–Crippen LogP) is 2.04. The number of carbonyl (C=O) groups is 1. The number of carbonyl (C=O) groups excluding carboxylic acids is 1. The Labute approximate surface area is 164 Å². The number of methoxy groups -OCH3 is 1. The van der Waals surface area contributed by atoms with Crippen molar-refractivity contribution >= 4 is 5.91 Å². The zero-order valence-electron chi connectivity index (χ0n) is 17.1. The van der Waals surface area contributed by atoms with Crippen LogP contribution in [0.5, 0.6) is 0 Å². The standard InChI is InChI=1S/C19H29N5O4/c1-10(2)24-18(21-16(22-24)9-27-5)13-6-7-15(25)14(8-13)20-19(26)17-11(3)23-28-12(17)4/h10,13-15,25H,6-9H2,1-5H3,(H,20,26)/t13-,14+,15+/m0/s1. The summed E-state index contributed by atoms with van der Waals surface area (Å²) in [6.07, 6.45) is 1.36. The first-order chi connectivity index (χ1) is 13.3. The van der Waals surface area contributed by atoms with E-state index in [-0.39, 0.29) is 23.9 Å². The Morgan fingerprint density at radius 2 is 2.14 bits per heavy atom. The van der Waals surface area contributed by atoms with Crippen LogP contribution in [-0.2, 0) is 11.3 Å². The summed E-state index contributed by atoms with van der Waals surface area (Å²) in [6.45, 7) is 7.91. The number of aryl methyl sites for hydroxylation is 2. The Morgan fingerprint density at radius 3 is 2.75 bits per heavy atom. The maximum Gasteiger partial charge on any atom is 0.257 e. The van der Waals surface area contributed by atoms with Crippen LogP contribution >= 0.6 is 0 Å². The molecule has 3 atom stereocenters. The number of ether oxygens (including phenoxy) is 1. The average Bonchev–Trinajstić information content (AvgIpc) is 3.21. The smallest absolute Gasteiger partial charge is 0.257 e. The molecule has 0 saturated heterocycles. The van der Waals surface area contributed by atoms with Gasteiger partial charge in [-0.3, -0.25) is 4.79 Å². The highest BCUT2D eigenvalue weighted by molar-refractivity contribution is 5.96. The van der Waals surface area contributed by atoms with Gasteiger partial charge in [0.2, 0.25) is 0 Å². The second kappa shape index (κ2) is 8.40. The van der Waals surface area contributed by atoms with Crippen LogP contribution in [0.25, 0.3) is 0 Å². The van der Waals surface area contributed by atoms with Crippen LogP contribution in [0.2, 0.25) is 0 Å². The van der Waals surface area contributed by atoms with Crippen molar-refractivity contribution in [3.05, 3.63) is 28.7 Å². The van der Waals surface area contributed by atoms with E-state index in [2.05, 4.69) is 34.4 Å². The molecule has 3 rings (SSSR count). The first-order valence-electron chi connectivity index (χ1n) is 9.67. The van der Waals surface area contributed by atoms with E-state index in [1.54, 1.807) is 21.0 Å². The first kappa shape index (κ1) is 20.5. The SMILES string of the molecule is COCc1nc([C@H]2CC[C@@H](O)[C@H](NC(=O)c3c(C)noc3C)C2)n(C(C)C)n1. The molecule has 28 heavy (non-hydrogen) atoms. The molecule has 2 heterocycles. The van der Waals surface area contributed by atoms with Gasteiger partial charge in [-0.2, -0.15) is 5.10 Å². The molecule has 0 aromatic carbocycles. The molecule has 2 aromatic heterocycles. The van der Waals surface area contributed by atoms with Gasteiger partial charge in [-0.05, 0) is 47.0 Å². The second-order valence-corrected chi connectivity index (χ2v) is 7.71. The molecule has 0 bridgehead atoms. The van der Waals surface area contributed by atoms with E-state index in [9.17, 15) is 9.90 Å². The molecule has 1 aliphatic carbocycles. The van der Waals surface area contributed by atoms with Crippen LogP contribution in [0.15, 0.2) is 4.52 Å². The fourth-order valence-corrected chi connectivity index (χ4v) is 3.82. The van der Waals surface area contributed by atoms with Crippen LogP contribution < -0.4 is 5.32 Å². The van der Waals surface area contributed by atoms with E-state index >= 15 is 0 Å². The van der Waals surface area contributed by atoms with Crippen molar-refractivity contribution in [1.29, 1.82) is 0 Å². The van der Waals surface area contributed by atoms with Gasteiger partial charge in [-0.15, -0.1) is 0 Å². The third kappa shape index (κ3) is 4.10. The van der Waals surface area contributed by atoms with Crippen molar-refractivity contribution in [3.8, 4) is 0 Å². The summed E-state index contributed by atoms with van der Waals surface area (Å²) >= 11 is 0. The van der Waals surface area contributed by atoms with Crippen LogP contribution in [0.4, 0.5) is 0 Å². The quantitative estimate of drug-likeness (QED) is 0.774. The van der Waals surface area contributed by atoms with Crippen molar-refractivity contribution < 1.29 is 19.2 Å². The Bertz CT molecular complexity index is 809. The van der Waals surface area contributed by atoms with Gasteiger partial charge in [0.15, 0.2) is 5.82 Å². The molecule has 154 valence electrons. The van der Waals surface area contributed by atoms with E-state index < -0.39 is 6.10 Å². The van der Waals surface area contributed by atoms with Crippen LogP contribution in [0, 0.1) is 13.8 Å². The van der Waals surface area contributed by atoms with Crippen LogP contribution in [0.3, 0.4) is 0 Å². The lowest BCUT2D eigenvalue weighted by atomic mass is 9.83. The van der Waals surface area contributed by atoms with Gasteiger partial charge in [0.1, 0.15) is 23.8 Å². The van der Waals surface area contributed by atoms with Gasteiger partial charge in [-0.25, -0.2) is 9.67 Å². The molecule has 0 unspecified atom stereocenters. The monoisotopic (exact) mass is 391 g/mol. The summed E-state index contributed by atoms with van der Waals surface area (Å²) in [5, 5.41) is 21.8. The molecule has 2 N–H and O–H groups in total. The molecular formula is C19H29N5O4. The van der Waals surface area contributed by atoms with E-state index in [1.165, 1.54) is 0 Å². The maximum absolute atomic E-state index is 12.7. The Hall–Kier alpha value is -2.26. The Kier molecular flexibility index (Phi) is 6.14. The number of hydrogen-bond donors (Lipinski definition) is 2. The minimum absolute atomic E-state index is 0.0962. The number of aromatic nitrogens is 4. The Morgan fingerprint density at radius 1 is 1.39 bits per heavy atom. The van der Waals surface area contributed by atoms with Gasteiger partial charge in [-0.1, -0.05) is 5.16 Å². The fraction of sp³-hybridized carbons (Fsp3) is 0.684. The van der Waals surface area contributed by atoms with Crippen LogP contribution in [-0.4, -0.2) is 50.2 Å². The zero-order valence-corrected chi connectivity index (χ0v) is 17.1. The second-order valence-electron chi connectivity index (χ2n) is 7.71. The van der Waals surface area contributed by atoms with Crippen molar-refractivity contribution in [2.24, 2.45) is 0 Å². The fourth-order valence-electron chi connectivity index (χ4n) is 3.82. The number of amides is 1. The summed E-state index contributed by atoms with van der Waals surface area (Å²) in [7, 11) is 1.62. The highest BCUT2D eigenvalue weighted by Crippen LogP contribution is 2.33. The molecule has 1 aliphatic rings. The normalized spacial score (nSPS) is 22.6. The first-order valence-corrected chi connectivity index (χ1v) is 9.67. The van der Waals surface area contributed by atoms with E-state index in [0.717, 1.165) is 12.2 Å². The average molecular weight is 391 g/mol. The minimum Gasteiger partial charge on any atom is -0.391 e. The van der Waals surface area contributed by atoms with Crippen molar-refractivity contribution in [1.82, 2.24) is 25.2 Å². The van der Waals surface area contributed by atoms with Crippen molar-refractivity contribution in [3.63, 3.8) is 0 Å². The lowest BCUT2D eigenvalue weighted by molar-refractivity contribution is 0.0666. The molecule has 2 aromatic rings. The molecule has 9 nitrogen and oxygen atoms in total. The largest absolute Gasteiger partial charge is 0.391 e. The number of rotatable bonds is 6. The minimum atomic E-state index is -0.602. The zero-order chi connectivity index (χ0) is 20.4. The van der Waals surface area contributed by atoms with E-state index in [4.69, 9.17) is 9.26 Å². The molecule has 0 aliphatic heterocycles. The highest BCUT2D eigenvalue weighted by Gasteiger charge is 2.35. The summed E-state index contributed by atoms with van der Waals surface area (Å²) in [4.78, 5) is 17.4. The molecule has 1 amide bonds. The molecular weight excluding hydrogens is 362 g/mol. The van der Waals surface area contributed by atoms with E-state index in [0.29, 0.717) is 42.3 Å².